The van der Waals surface area contributed by atoms with Crippen molar-refractivity contribution in [1.29, 1.82) is 5.26 Å². The van der Waals surface area contributed by atoms with Gasteiger partial charge in [0, 0.05) is 16.5 Å². The number of fused-ring (bicyclic) bond motifs is 8. The van der Waals surface area contributed by atoms with Crippen LogP contribution >= 0.6 is 0 Å². The number of nitrogens with zero attached hydrogens (tertiary/aromatic N) is 1. The van der Waals surface area contributed by atoms with Crippen LogP contribution in [-0.4, -0.2) is 0 Å². The lowest BCUT2D eigenvalue weighted by molar-refractivity contribution is 0.425. The lowest BCUT2D eigenvalue weighted by Crippen LogP contribution is -2.43. The van der Waals surface area contributed by atoms with Gasteiger partial charge in [-0.25, -0.2) is 0 Å². The zero-order valence-corrected chi connectivity index (χ0v) is 24.1. The average Bonchev–Trinajstić information content (AvgIpc) is 3.06. The molecule has 0 N–H and O–H groups in total. The summed E-state index contributed by atoms with van der Waals surface area (Å²) in [5.41, 5.74) is 11.8. The molecule has 8 rings (SSSR count). The van der Waals surface area contributed by atoms with E-state index in [0.717, 1.165) is 33.8 Å². The Balaban J connectivity index is 1.41. The van der Waals surface area contributed by atoms with E-state index in [1.807, 2.05) is 24.3 Å². The van der Waals surface area contributed by atoms with Crippen molar-refractivity contribution in [3.8, 4) is 39.8 Å². The van der Waals surface area contributed by atoms with E-state index >= 15 is 0 Å². The number of hydrogen-bond donors (Lipinski definition) is 0. The molecule has 0 saturated carbocycles. The van der Waals surface area contributed by atoms with Crippen molar-refractivity contribution in [2.75, 3.05) is 0 Å². The molecule has 2 nitrogen and oxygen atoms in total. The van der Waals surface area contributed by atoms with Gasteiger partial charge in [-0.2, -0.15) is 5.26 Å². The molecule has 0 atom stereocenters. The molecule has 6 aromatic carbocycles. The maximum Gasteiger partial charge on any atom is 0.132 e. The highest BCUT2D eigenvalue weighted by molar-refractivity contribution is 5.80. The quantitative estimate of drug-likeness (QED) is 0.214. The number of benzene rings is 6. The molecule has 1 aliphatic heterocycles. The minimum Gasteiger partial charge on any atom is -0.457 e. The van der Waals surface area contributed by atoms with Gasteiger partial charge in [0.15, 0.2) is 0 Å². The Labute approximate surface area is 252 Å². The molecule has 0 saturated heterocycles. The van der Waals surface area contributed by atoms with E-state index in [4.69, 9.17) is 4.74 Å². The Morgan fingerprint density at radius 1 is 0.488 bits per heavy atom. The van der Waals surface area contributed by atoms with Gasteiger partial charge in [-0.15, -0.1) is 0 Å². The molecule has 2 heteroatoms. The van der Waals surface area contributed by atoms with Crippen LogP contribution in [0.25, 0.3) is 22.3 Å². The van der Waals surface area contributed by atoms with Crippen LogP contribution in [0.1, 0.15) is 52.8 Å². The SMILES string of the molecule is CC1(C)c2ccccc2C2(c3ccccc3Oc3ccccc32)c2ccc(-c3cccc(-c4ccccc4C#N)c3)cc21. The fourth-order valence-electron chi connectivity index (χ4n) is 7.49. The maximum absolute atomic E-state index is 9.74. The van der Waals surface area contributed by atoms with E-state index in [-0.39, 0.29) is 5.41 Å². The van der Waals surface area contributed by atoms with E-state index in [9.17, 15) is 5.26 Å². The van der Waals surface area contributed by atoms with Crippen molar-refractivity contribution in [3.63, 3.8) is 0 Å². The highest BCUT2D eigenvalue weighted by atomic mass is 16.5. The summed E-state index contributed by atoms with van der Waals surface area (Å²) < 4.78 is 6.53. The minimum atomic E-state index is -0.515. The molecule has 0 unspecified atom stereocenters. The first kappa shape index (κ1) is 25.3. The molecule has 204 valence electrons. The third-order valence-corrected chi connectivity index (χ3v) is 9.46. The fourth-order valence-corrected chi connectivity index (χ4v) is 7.49. The molecule has 6 aromatic rings. The smallest absolute Gasteiger partial charge is 0.132 e. The number of ether oxygens (including phenoxy) is 1. The Kier molecular flexibility index (Phi) is 5.49. The molecule has 1 aliphatic carbocycles. The normalized spacial score (nSPS) is 14.8. The van der Waals surface area contributed by atoms with Crippen molar-refractivity contribution in [2.45, 2.75) is 24.7 Å². The van der Waals surface area contributed by atoms with Gasteiger partial charge in [-0.3, -0.25) is 0 Å². The number of hydrogen-bond acceptors (Lipinski definition) is 2. The number of rotatable bonds is 2. The Bertz CT molecular complexity index is 2070. The third-order valence-electron chi connectivity index (χ3n) is 9.46. The zero-order valence-electron chi connectivity index (χ0n) is 24.1. The van der Waals surface area contributed by atoms with Crippen molar-refractivity contribution in [2.24, 2.45) is 0 Å². The summed E-state index contributed by atoms with van der Waals surface area (Å²) in [5.74, 6) is 1.80. The molecule has 2 aliphatic rings. The monoisotopic (exact) mass is 551 g/mol. The van der Waals surface area contributed by atoms with E-state index in [2.05, 4.69) is 135 Å². The predicted molar refractivity (Wildman–Crippen MR) is 173 cm³/mol. The van der Waals surface area contributed by atoms with Crippen LogP contribution in [0.4, 0.5) is 0 Å². The molecular formula is C41H29NO. The summed E-state index contributed by atoms with van der Waals surface area (Å²) in [4.78, 5) is 0. The first-order chi connectivity index (χ1) is 21.0. The number of nitriles is 1. The summed E-state index contributed by atoms with van der Waals surface area (Å²) >= 11 is 0. The molecule has 0 radical (unpaired) electrons. The predicted octanol–water partition coefficient (Wildman–Crippen LogP) is 10.0. The minimum absolute atomic E-state index is 0.236. The van der Waals surface area contributed by atoms with Crippen LogP contribution in [0, 0.1) is 11.3 Å². The third kappa shape index (κ3) is 3.52. The van der Waals surface area contributed by atoms with Crippen LogP contribution in [0.5, 0.6) is 11.5 Å². The van der Waals surface area contributed by atoms with Gasteiger partial charge in [0.2, 0.25) is 0 Å². The summed E-state index contributed by atoms with van der Waals surface area (Å²) in [5, 5.41) is 9.74. The maximum atomic E-state index is 9.74. The van der Waals surface area contributed by atoms with Crippen molar-refractivity contribution >= 4 is 0 Å². The van der Waals surface area contributed by atoms with Crippen LogP contribution < -0.4 is 4.74 Å². The van der Waals surface area contributed by atoms with E-state index in [1.165, 1.54) is 33.4 Å². The second-order valence-electron chi connectivity index (χ2n) is 12.0. The summed E-state index contributed by atoms with van der Waals surface area (Å²) in [6.45, 7) is 4.69. The molecule has 1 heterocycles. The van der Waals surface area contributed by atoms with E-state index in [0.29, 0.717) is 5.56 Å². The summed E-state index contributed by atoms with van der Waals surface area (Å²) in [7, 11) is 0. The highest BCUT2D eigenvalue weighted by Crippen LogP contribution is 2.61. The lowest BCUT2D eigenvalue weighted by atomic mass is 9.53. The van der Waals surface area contributed by atoms with Gasteiger partial charge in [-0.1, -0.05) is 123 Å². The van der Waals surface area contributed by atoms with Gasteiger partial charge in [0.25, 0.3) is 0 Å². The number of para-hydroxylation sites is 2. The molecule has 43 heavy (non-hydrogen) atoms. The summed E-state index contributed by atoms with van der Waals surface area (Å²) in [6.07, 6.45) is 0. The summed E-state index contributed by atoms with van der Waals surface area (Å²) in [6, 6.07) is 51.6. The Morgan fingerprint density at radius 3 is 1.77 bits per heavy atom. The second kappa shape index (κ2) is 9.31. The molecule has 0 aromatic heterocycles. The van der Waals surface area contributed by atoms with Gasteiger partial charge in [-0.05, 0) is 74.8 Å². The van der Waals surface area contributed by atoms with Gasteiger partial charge in [0.05, 0.1) is 17.0 Å². The van der Waals surface area contributed by atoms with Crippen molar-refractivity contribution in [1.82, 2.24) is 0 Å². The highest BCUT2D eigenvalue weighted by Gasteiger charge is 2.52. The van der Waals surface area contributed by atoms with Crippen LogP contribution in [0.2, 0.25) is 0 Å². The molecule has 1 spiro atoms. The van der Waals surface area contributed by atoms with Gasteiger partial charge >= 0.3 is 0 Å². The zero-order chi connectivity index (χ0) is 29.2. The topological polar surface area (TPSA) is 33.0 Å². The first-order valence-electron chi connectivity index (χ1n) is 14.8. The van der Waals surface area contributed by atoms with Crippen LogP contribution in [-0.2, 0) is 10.8 Å². The van der Waals surface area contributed by atoms with Gasteiger partial charge in [0.1, 0.15) is 11.5 Å². The fraction of sp³-hybridized carbons (Fsp3) is 0.0976. The van der Waals surface area contributed by atoms with Crippen molar-refractivity contribution < 1.29 is 4.74 Å². The average molecular weight is 552 g/mol. The molecule has 0 amide bonds. The molecular weight excluding hydrogens is 522 g/mol. The molecule has 0 fully saturated rings. The van der Waals surface area contributed by atoms with E-state index < -0.39 is 5.41 Å². The van der Waals surface area contributed by atoms with Crippen LogP contribution in [0.15, 0.2) is 140 Å². The largest absolute Gasteiger partial charge is 0.457 e. The lowest BCUT2D eigenvalue weighted by Gasteiger charge is -2.50. The first-order valence-corrected chi connectivity index (χ1v) is 14.8. The second-order valence-corrected chi connectivity index (χ2v) is 12.0. The molecule has 0 bridgehead atoms. The van der Waals surface area contributed by atoms with Gasteiger partial charge < -0.3 is 4.74 Å². The van der Waals surface area contributed by atoms with Crippen LogP contribution in [0.3, 0.4) is 0 Å². The standard InChI is InChI=1S/C41H29NO/c1-40(2)32-16-5-6-17-33(32)41(35-18-7-9-20-38(35)43-39-21-10-8-19-36(39)41)34-23-22-28(25-37(34)40)27-13-11-14-29(24-27)31-15-4-3-12-30(31)26-42/h3-25H,1-2H3. The van der Waals surface area contributed by atoms with Crippen molar-refractivity contribution in [3.05, 3.63) is 178 Å². The van der Waals surface area contributed by atoms with E-state index in [1.54, 1.807) is 0 Å². The Morgan fingerprint density at radius 2 is 1.05 bits per heavy atom. The Hall–Kier alpha value is -5.39.